The SMILES string of the molecule is CSCCC(NC(=O)OC(C)(C)C)C(=O)N(C(C(=O)Nc1ccc2ccccc2c1)c1cc(C)ccc1C)C1CC1C. The van der Waals surface area contributed by atoms with Crippen LogP contribution in [-0.4, -0.2) is 52.5 Å². The largest absolute Gasteiger partial charge is 0.444 e. The molecular weight excluding hydrogens is 546 g/mol. The third-order valence-corrected chi connectivity index (χ3v) is 8.20. The predicted molar refractivity (Wildman–Crippen MR) is 172 cm³/mol. The molecule has 0 heterocycles. The highest BCUT2D eigenvalue weighted by molar-refractivity contribution is 7.98. The minimum Gasteiger partial charge on any atom is -0.444 e. The first-order valence-electron chi connectivity index (χ1n) is 14.6. The molecule has 4 atom stereocenters. The Morgan fingerprint density at radius 1 is 1.02 bits per heavy atom. The van der Waals surface area contributed by atoms with Gasteiger partial charge in [0.05, 0.1) is 0 Å². The van der Waals surface area contributed by atoms with Gasteiger partial charge in [0.1, 0.15) is 17.7 Å². The minimum atomic E-state index is -0.879. The molecule has 4 unspecified atom stereocenters. The number of hydrogen-bond donors (Lipinski definition) is 2. The number of amides is 3. The molecule has 4 rings (SSSR count). The van der Waals surface area contributed by atoms with Gasteiger partial charge in [-0.25, -0.2) is 4.79 Å². The zero-order chi connectivity index (χ0) is 30.6. The van der Waals surface area contributed by atoms with Gasteiger partial charge in [-0.3, -0.25) is 9.59 Å². The molecule has 1 fully saturated rings. The topological polar surface area (TPSA) is 87.7 Å². The summed E-state index contributed by atoms with van der Waals surface area (Å²) >= 11 is 1.60. The number of thioether (sulfide) groups is 1. The van der Waals surface area contributed by atoms with Gasteiger partial charge in [-0.2, -0.15) is 11.8 Å². The molecule has 0 radical (unpaired) electrons. The van der Waals surface area contributed by atoms with E-state index in [4.69, 9.17) is 4.74 Å². The van der Waals surface area contributed by atoms with E-state index >= 15 is 0 Å². The van der Waals surface area contributed by atoms with Crippen molar-refractivity contribution in [2.75, 3.05) is 17.3 Å². The summed E-state index contributed by atoms with van der Waals surface area (Å²) in [6.07, 6.45) is 2.53. The molecule has 3 aromatic carbocycles. The Morgan fingerprint density at radius 2 is 1.71 bits per heavy atom. The second-order valence-electron chi connectivity index (χ2n) is 12.3. The summed E-state index contributed by atoms with van der Waals surface area (Å²) in [4.78, 5) is 43.4. The first-order valence-corrected chi connectivity index (χ1v) is 15.9. The normalized spacial score (nSPS) is 17.7. The number of carbonyl (C=O) groups excluding carboxylic acids is 3. The van der Waals surface area contributed by atoms with Crippen LogP contribution in [0.3, 0.4) is 0 Å². The zero-order valence-electron chi connectivity index (χ0n) is 25.7. The number of carbonyl (C=O) groups is 3. The van der Waals surface area contributed by atoms with Gasteiger partial charge in [-0.05, 0) is 99.4 Å². The van der Waals surface area contributed by atoms with Gasteiger partial charge in [0.15, 0.2) is 0 Å². The highest BCUT2D eigenvalue weighted by Gasteiger charge is 2.48. The van der Waals surface area contributed by atoms with Crippen LogP contribution < -0.4 is 10.6 Å². The minimum absolute atomic E-state index is 0.123. The lowest BCUT2D eigenvalue weighted by atomic mass is 9.95. The van der Waals surface area contributed by atoms with E-state index < -0.39 is 23.8 Å². The summed E-state index contributed by atoms with van der Waals surface area (Å²) in [6, 6.07) is 18.0. The second kappa shape index (κ2) is 13.2. The van der Waals surface area contributed by atoms with E-state index in [0.29, 0.717) is 17.9 Å². The second-order valence-corrected chi connectivity index (χ2v) is 13.3. The van der Waals surface area contributed by atoms with Crippen molar-refractivity contribution in [3.05, 3.63) is 77.4 Å². The maximum atomic E-state index is 14.5. The molecule has 1 aliphatic carbocycles. The number of alkyl carbamates (subject to hydrolysis) is 1. The van der Waals surface area contributed by atoms with Crippen LogP contribution in [-0.2, 0) is 14.3 Å². The maximum Gasteiger partial charge on any atom is 0.408 e. The number of hydrogen-bond acceptors (Lipinski definition) is 5. The predicted octanol–water partition coefficient (Wildman–Crippen LogP) is 7.02. The van der Waals surface area contributed by atoms with E-state index in [1.165, 1.54) is 0 Å². The van der Waals surface area contributed by atoms with Crippen LogP contribution in [0.1, 0.15) is 63.3 Å². The first kappa shape index (κ1) is 31.4. The van der Waals surface area contributed by atoms with E-state index in [2.05, 4.69) is 17.6 Å². The van der Waals surface area contributed by atoms with E-state index in [1.807, 2.05) is 80.8 Å². The van der Waals surface area contributed by atoms with Crippen LogP contribution >= 0.6 is 11.8 Å². The Bertz CT molecular complexity index is 1450. The molecule has 3 amide bonds. The van der Waals surface area contributed by atoms with Crippen LogP contribution in [0, 0.1) is 19.8 Å². The number of rotatable bonds is 10. The fraction of sp³-hybridized carbons (Fsp3) is 0.441. The van der Waals surface area contributed by atoms with Crippen molar-refractivity contribution < 1.29 is 19.1 Å². The summed E-state index contributed by atoms with van der Waals surface area (Å²) in [5.74, 6) is 0.339. The van der Waals surface area contributed by atoms with Gasteiger partial charge in [0.2, 0.25) is 5.91 Å². The number of aryl methyl sites for hydroxylation is 2. The molecule has 1 saturated carbocycles. The number of benzene rings is 3. The molecular formula is C34H43N3O4S. The number of fused-ring (bicyclic) bond motifs is 1. The van der Waals surface area contributed by atoms with Crippen molar-refractivity contribution >= 4 is 46.1 Å². The van der Waals surface area contributed by atoms with Crippen molar-refractivity contribution in [1.29, 1.82) is 0 Å². The van der Waals surface area contributed by atoms with Crippen molar-refractivity contribution in [1.82, 2.24) is 10.2 Å². The average Bonchev–Trinajstić information content (AvgIpc) is 3.65. The Labute approximate surface area is 253 Å². The molecule has 1 aliphatic rings. The van der Waals surface area contributed by atoms with Crippen LogP contribution in [0.25, 0.3) is 10.8 Å². The molecule has 0 aromatic heterocycles. The summed E-state index contributed by atoms with van der Waals surface area (Å²) < 4.78 is 5.51. The Hall–Kier alpha value is -3.52. The van der Waals surface area contributed by atoms with E-state index in [9.17, 15) is 14.4 Å². The molecule has 3 aromatic rings. The molecule has 0 saturated heterocycles. The van der Waals surface area contributed by atoms with Crippen molar-refractivity contribution in [3.63, 3.8) is 0 Å². The molecule has 0 spiro atoms. The van der Waals surface area contributed by atoms with Gasteiger partial charge < -0.3 is 20.3 Å². The maximum absolute atomic E-state index is 14.5. The lowest BCUT2D eigenvalue weighted by Gasteiger charge is -2.35. The summed E-state index contributed by atoms with van der Waals surface area (Å²) in [7, 11) is 0. The van der Waals surface area contributed by atoms with Gasteiger partial charge in [0.25, 0.3) is 5.91 Å². The fourth-order valence-corrected chi connectivity index (χ4v) is 5.72. The quantitative estimate of drug-likeness (QED) is 0.265. The van der Waals surface area contributed by atoms with Crippen molar-refractivity contribution in [2.45, 2.75) is 78.1 Å². The Kier molecular flexibility index (Phi) is 9.87. The summed E-state index contributed by atoms with van der Waals surface area (Å²) in [5.41, 5.74) is 2.66. The van der Waals surface area contributed by atoms with Crippen LogP contribution in [0.4, 0.5) is 10.5 Å². The third-order valence-electron chi connectivity index (χ3n) is 7.55. The van der Waals surface area contributed by atoms with Crippen molar-refractivity contribution in [2.24, 2.45) is 5.92 Å². The van der Waals surface area contributed by atoms with Gasteiger partial charge in [-0.15, -0.1) is 0 Å². The van der Waals surface area contributed by atoms with Crippen molar-refractivity contribution in [3.8, 4) is 0 Å². The molecule has 2 N–H and O–H groups in total. The summed E-state index contributed by atoms with van der Waals surface area (Å²) in [6.45, 7) is 11.4. The Morgan fingerprint density at radius 3 is 2.36 bits per heavy atom. The standard InChI is InChI=1S/C34H43N3O4S/c1-21-12-13-22(2)27(18-21)30(31(38)35-26-15-14-24-10-8-9-11-25(24)20-26)37(29-19-23(29)3)32(39)28(16-17-42-7)36-33(40)41-34(4,5)6/h8-15,18,20,23,28-30H,16-17,19H2,1-7H3,(H,35,38)(H,36,40). The summed E-state index contributed by atoms with van der Waals surface area (Å²) in [5, 5.41) is 8.04. The highest BCUT2D eigenvalue weighted by atomic mass is 32.2. The highest BCUT2D eigenvalue weighted by Crippen LogP contribution is 2.42. The lowest BCUT2D eigenvalue weighted by molar-refractivity contribution is -0.141. The third kappa shape index (κ3) is 7.85. The van der Waals surface area contributed by atoms with E-state index in [0.717, 1.165) is 33.9 Å². The first-order chi connectivity index (χ1) is 19.9. The molecule has 8 heteroatoms. The van der Waals surface area contributed by atoms with Crippen LogP contribution in [0.5, 0.6) is 0 Å². The lowest BCUT2D eigenvalue weighted by Crippen LogP contribution is -2.53. The molecule has 224 valence electrons. The molecule has 7 nitrogen and oxygen atoms in total. The molecule has 0 aliphatic heterocycles. The average molecular weight is 590 g/mol. The number of anilines is 1. The monoisotopic (exact) mass is 589 g/mol. The number of nitrogens with zero attached hydrogens (tertiary/aromatic N) is 1. The number of ether oxygens (including phenoxy) is 1. The Balaban J connectivity index is 1.74. The van der Waals surface area contributed by atoms with Crippen LogP contribution in [0.15, 0.2) is 60.7 Å². The van der Waals surface area contributed by atoms with Gasteiger partial charge >= 0.3 is 6.09 Å². The van der Waals surface area contributed by atoms with E-state index in [1.54, 1.807) is 37.4 Å². The van der Waals surface area contributed by atoms with Crippen LogP contribution in [0.2, 0.25) is 0 Å². The smallest absolute Gasteiger partial charge is 0.408 e. The van der Waals surface area contributed by atoms with E-state index in [-0.39, 0.29) is 23.8 Å². The van der Waals surface area contributed by atoms with Gasteiger partial charge in [-0.1, -0.05) is 61.0 Å². The molecule has 42 heavy (non-hydrogen) atoms. The molecule has 0 bridgehead atoms. The van der Waals surface area contributed by atoms with Gasteiger partial charge in [0, 0.05) is 11.7 Å². The fourth-order valence-electron chi connectivity index (χ4n) is 5.24. The zero-order valence-corrected chi connectivity index (χ0v) is 26.5. The number of nitrogens with one attached hydrogen (secondary N) is 2.